The highest BCUT2D eigenvalue weighted by molar-refractivity contribution is 7.89. The lowest BCUT2D eigenvalue weighted by atomic mass is 10.0. The predicted molar refractivity (Wildman–Crippen MR) is 131 cm³/mol. The maximum Gasteiger partial charge on any atom is 0.242 e. The summed E-state index contributed by atoms with van der Waals surface area (Å²) in [5.41, 5.74) is 5.18. The Bertz CT molecular complexity index is 1230. The van der Waals surface area contributed by atoms with Gasteiger partial charge in [0.15, 0.2) is 0 Å². The van der Waals surface area contributed by atoms with E-state index in [4.69, 9.17) is 4.74 Å². The Morgan fingerprint density at radius 1 is 0.909 bits per heavy atom. The molecule has 0 saturated carbocycles. The molecule has 6 nitrogen and oxygen atoms in total. The van der Waals surface area contributed by atoms with Gasteiger partial charge in [0.25, 0.3) is 0 Å². The van der Waals surface area contributed by atoms with Crippen LogP contribution in [0.5, 0.6) is 5.75 Å². The Morgan fingerprint density at radius 3 is 2.12 bits per heavy atom. The summed E-state index contributed by atoms with van der Waals surface area (Å²) in [5.74, 6) is 0.181. The lowest BCUT2D eigenvalue weighted by Crippen LogP contribution is -2.45. The SMILES string of the molecule is COc1ccc(S(=O)(=O)N[C@@H](Cc2ccccc2)C(=O)Nc2c(C)cc(C)cc2C)cc1C. The summed E-state index contributed by atoms with van der Waals surface area (Å²) in [6.07, 6.45) is 0.213. The van der Waals surface area contributed by atoms with E-state index in [0.717, 1.165) is 22.3 Å². The highest BCUT2D eigenvalue weighted by Gasteiger charge is 2.27. The molecule has 0 aromatic heterocycles. The van der Waals surface area contributed by atoms with Gasteiger partial charge in [0.2, 0.25) is 15.9 Å². The molecule has 0 saturated heterocycles. The zero-order valence-electron chi connectivity index (χ0n) is 19.6. The van der Waals surface area contributed by atoms with Crippen LogP contribution in [0.2, 0.25) is 0 Å². The van der Waals surface area contributed by atoms with Crippen LogP contribution in [-0.4, -0.2) is 27.5 Å². The molecule has 1 atom stereocenters. The van der Waals surface area contributed by atoms with Gasteiger partial charge in [0.05, 0.1) is 12.0 Å². The van der Waals surface area contributed by atoms with Crippen molar-refractivity contribution < 1.29 is 17.9 Å². The minimum absolute atomic E-state index is 0.0781. The molecule has 0 spiro atoms. The Morgan fingerprint density at radius 2 is 1.55 bits per heavy atom. The molecule has 1 amide bonds. The minimum atomic E-state index is -3.96. The molecule has 0 bridgehead atoms. The van der Waals surface area contributed by atoms with Crippen LogP contribution in [0.3, 0.4) is 0 Å². The summed E-state index contributed by atoms with van der Waals surface area (Å²) in [5, 5.41) is 2.94. The fourth-order valence-electron chi connectivity index (χ4n) is 3.90. The molecule has 7 heteroatoms. The highest BCUT2D eigenvalue weighted by atomic mass is 32.2. The number of benzene rings is 3. The van der Waals surface area contributed by atoms with Crippen LogP contribution < -0.4 is 14.8 Å². The van der Waals surface area contributed by atoms with E-state index in [-0.39, 0.29) is 11.3 Å². The second kappa shape index (κ2) is 10.2. The van der Waals surface area contributed by atoms with Gasteiger partial charge in [-0.1, -0.05) is 48.0 Å². The van der Waals surface area contributed by atoms with Gasteiger partial charge in [0.1, 0.15) is 11.8 Å². The number of hydrogen-bond acceptors (Lipinski definition) is 4. The van der Waals surface area contributed by atoms with Gasteiger partial charge in [-0.05, 0) is 74.6 Å². The summed E-state index contributed by atoms with van der Waals surface area (Å²) in [7, 11) is -2.43. The number of carbonyl (C=O) groups is 1. The fraction of sp³-hybridized carbons (Fsp3) is 0.269. The van der Waals surface area contributed by atoms with Crippen LogP contribution in [-0.2, 0) is 21.2 Å². The Kier molecular flexibility index (Phi) is 7.56. The lowest BCUT2D eigenvalue weighted by Gasteiger charge is -2.21. The normalized spacial score (nSPS) is 12.3. The first-order valence-electron chi connectivity index (χ1n) is 10.7. The number of carbonyl (C=O) groups excluding carboxylic acids is 1. The van der Waals surface area contributed by atoms with Crippen molar-refractivity contribution >= 4 is 21.6 Å². The van der Waals surface area contributed by atoms with Crippen molar-refractivity contribution in [1.29, 1.82) is 0 Å². The molecule has 0 heterocycles. The lowest BCUT2D eigenvalue weighted by molar-refractivity contribution is -0.117. The zero-order valence-corrected chi connectivity index (χ0v) is 20.4. The molecule has 0 fully saturated rings. The van der Waals surface area contributed by atoms with E-state index in [1.54, 1.807) is 13.0 Å². The number of amides is 1. The van der Waals surface area contributed by atoms with E-state index >= 15 is 0 Å². The average molecular weight is 467 g/mol. The van der Waals surface area contributed by atoms with E-state index in [0.29, 0.717) is 17.0 Å². The van der Waals surface area contributed by atoms with Crippen LogP contribution >= 0.6 is 0 Å². The Hall–Kier alpha value is -3.16. The van der Waals surface area contributed by atoms with Gasteiger partial charge >= 0.3 is 0 Å². The second-order valence-corrected chi connectivity index (χ2v) is 9.97. The third-order valence-electron chi connectivity index (χ3n) is 5.50. The van der Waals surface area contributed by atoms with Gasteiger partial charge < -0.3 is 10.1 Å². The molecule has 33 heavy (non-hydrogen) atoms. The molecule has 3 aromatic carbocycles. The highest BCUT2D eigenvalue weighted by Crippen LogP contribution is 2.24. The number of rotatable bonds is 8. The van der Waals surface area contributed by atoms with Gasteiger partial charge in [0, 0.05) is 5.69 Å². The minimum Gasteiger partial charge on any atom is -0.496 e. The van der Waals surface area contributed by atoms with Crippen molar-refractivity contribution in [2.75, 3.05) is 12.4 Å². The average Bonchev–Trinajstić information content (AvgIpc) is 2.76. The molecular weight excluding hydrogens is 436 g/mol. The molecule has 0 aliphatic rings. The second-order valence-electron chi connectivity index (χ2n) is 8.26. The molecule has 3 aromatic rings. The molecule has 0 unspecified atom stereocenters. The number of aryl methyl sites for hydroxylation is 4. The summed E-state index contributed by atoms with van der Waals surface area (Å²) in [6.45, 7) is 7.61. The van der Waals surface area contributed by atoms with Gasteiger partial charge in [-0.25, -0.2) is 8.42 Å². The van der Waals surface area contributed by atoms with Crippen molar-refractivity contribution in [3.8, 4) is 5.75 Å². The quantitative estimate of drug-likeness (QED) is 0.513. The van der Waals surface area contributed by atoms with Crippen LogP contribution in [0.15, 0.2) is 65.6 Å². The molecular formula is C26H30N2O4S. The number of methoxy groups -OCH3 is 1. The molecule has 3 rings (SSSR count). The van der Waals surface area contributed by atoms with Crippen molar-refractivity contribution in [2.45, 2.75) is 45.1 Å². The smallest absolute Gasteiger partial charge is 0.242 e. The van der Waals surface area contributed by atoms with Crippen molar-refractivity contribution in [3.05, 3.63) is 88.5 Å². The van der Waals surface area contributed by atoms with E-state index in [1.165, 1.54) is 19.2 Å². The number of sulfonamides is 1. The number of ether oxygens (including phenoxy) is 1. The van der Waals surface area contributed by atoms with Crippen molar-refractivity contribution in [1.82, 2.24) is 4.72 Å². The third kappa shape index (κ3) is 6.00. The molecule has 174 valence electrons. The number of hydrogen-bond donors (Lipinski definition) is 2. The standard InChI is InChI=1S/C26H30N2O4S/c1-17-13-19(3)25(20(4)14-17)27-26(29)23(16-21-9-7-6-8-10-21)28-33(30,31)22-11-12-24(32-5)18(2)15-22/h6-15,23,28H,16H2,1-5H3,(H,27,29)/t23-/m0/s1. The van der Waals surface area contributed by atoms with Crippen LogP contribution in [0, 0.1) is 27.7 Å². The monoisotopic (exact) mass is 466 g/mol. The molecule has 0 radical (unpaired) electrons. The first-order valence-corrected chi connectivity index (χ1v) is 12.2. The van der Waals surface area contributed by atoms with Crippen LogP contribution in [0.4, 0.5) is 5.69 Å². The van der Waals surface area contributed by atoms with Crippen molar-refractivity contribution in [2.24, 2.45) is 0 Å². The summed E-state index contributed by atoms with van der Waals surface area (Å²) in [4.78, 5) is 13.4. The fourth-order valence-corrected chi connectivity index (χ4v) is 5.18. The maximum absolute atomic E-state index is 13.3. The summed E-state index contributed by atoms with van der Waals surface area (Å²) < 4.78 is 34.2. The first kappa shape index (κ1) is 24.5. The summed E-state index contributed by atoms with van der Waals surface area (Å²) in [6, 6.07) is 16.9. The predicted octanol–water partition coefficient (Wildman–Crippen LogP) is 4.46. The third-order valence-corrected chi connectivity index (χ3v) is 6.97. The Labute approximate surface area is 196 Å². The van der Waals surface area contributed by atoms with E-state index in [2.05, 4.69) is 10.0 Å². The number of nitrogens with one attached hydrogen (secondary N) is 2. The molecule has 0 aliphatic heterocycles. The van der Waals surface area contributed by atoms with E-state index in [9.17, 15) is 13.2 Å². The van der Waals surface area contributed by atoms with Gasteiger partial charge in [-0.3, -0.25) is 4.79 Å². The Balaban J connectivity index is 1.92. The largest absolute Gasteiger partial charge is 0.496 e. The van der Waals surface area contributed by atoms with E-state index < -0.39 is 22.0 Å². The number of anilines is 1. The molecule has 2 N–H and O–H groups in total. The topological polar surface area (TPSA) is 84.5 Å². The molecule has 0 aliphatic carbocycles. The van der Waals surface area contributed by atoms with Gasteiger partial charge in [-0.2, -0.15) is 4.72 Å². The summed E-state index contributed by atoms with van der Waals surface area (Å²) >= 11 is 0. The first-order chi connectivity index (χ1) is 15.6. The maximum atomic E-state index is 13.3. The van der Waals surface area contributed by atoms with E-state index in [1.807, 2.05) is 63.2 Å². The van der Waals surface area contributed by atoms with Crippen LogP contribution in [0.1, 0.15) is 27.8 Å². The zero-order chi connectivity index (χ0) is 24.2. The van der Waals surface area contributed by atoms with Crippen molar-refractivity contribution in [3.63, 3.8) is 0 Å². The van der Waals surface area contributed by atoms with Gasteiger partial charge in [-0.15, -0.1) is 0 Å². The van der Waals surface area contributed by atoms with Crippen LogP contribution in [0.25, 0.3) is 0 Å².